The fourth-order valence-corrected chi connectivity index (χ4v) is 1.68. The second kappa shape index (κ2) is 5.39. The van der Waals surface area contributed by atoms with E-state index in [-0.39, 0.29) is 11.1 Å². The molecule has 0 aliphatic rings. The Labute approximate surface area is 117 Å². The third-order valence-corrected chi connectivity index (χ3v) is 2.53. The van der Waals surface area contributed by atoms with Gasteiger partial charge in [-0.05, 0) is 6.42 Å². The van der Waals surface area contributed by atoms with Crippen molar-refractivity contribution in [1.29, 1.82) is 0 Å². The Balaban J connectivity index is 3.79. The second-order valence-corrected chi connectivity index (χ2v) is 4.17. The molecule has 4 nitrogen and oxygen atoms in total. The van der Waals surface area contributed by atoms with Crippen molar-refractivity contribution in [2.75, 3.05) is 0 Å². The Bertz CT molecular complexity index is 573. The van der Waals surface area contributed by atoms with Gasteiger partial charge in [-0.1, -0.05) is 6.92 Å². The molecule has 0 spiro atoms. The number of aromatic carboxylic acids is 1. The number of nitrogens with zero attached hydrogens (tertiary/aromatic N) is 2. The van der Waals surface area contributed by atoms with E-state index in [2.05, 4.69) is 5.10 Å². The fraction of sp³-hybridized carbons (Fsp3) is 0.600. The van der Waals surface area contributed by atoms with Crippen LogP contribution in [0, 0.1) is 0 Å². The highest BCUT2D eigenvalue weighted by Crippen LogP contribution is 2.48. The maximum absolute atomic E-state index is 13.3. The van der Waals surface area contributed by atoms with E-state index in [1.165, 1.54) is 6.92 Å². The van der Waals surface area contributed by atoms with Gasteiger partial charge in [0.25, 0.3) is 0 Å². The molecule has 0 aliphatic carbocycles. The lowest BCUT2D eigenvalue weighted by atomic mass is 10.1. The first-order valence-electron chi connectivity index (χ1n) is 5.61. The van der Waals surface area contributed by atoms with Gasteiger partial charge in [-0.25, -0.2) is 4.79 Å². The lowest BCUT2D eigenvalue weighted by molar-refractivity contribution is -0.292. The lowest BCUT2D eigenvalue weighted by Gasteiger charge is -2.19. The summed E-state index contributed by atoms with van der Waals surface area (Å²) in [6.07, 6.45) is -12.1. The maximum Gasteiger partial charge on any atom is 0.459 e. The first kappa shape index (κ1) is 18.2. The summed E-state index contributed by atoms with van der Waals surface area (Å²) in [6.45, 7) is 0.779. The molecule has 0 amide bonds. The van der Waals surface area contributed by atoms with Crippen LogP contribution < -0.4 is 0 Å². The Morgan fingerprint density at radius 1 is 1.14 bits per heavy atom. The van der Waals surface area contributed by atoms with Crippen molar-refractivity contribution in [3.63, 3.8) is 0 Å². The largest absolute Gasteiger partial charge is 0.477 e. The number of halogens is 8. The fourth-order valence-electron chi connectivity index (χ4n) is 1.68. The van der Waals surface area contributed by atoms with Crippen molar-refractivity contribution < 1.29 is 45.0 Å². The van der Waals surface area contributed by atoms with Gasteiger partial charge in [-0.2, -0.15) is 40.2 Å². The molecular weight excluding hydrogens is 332 g/mol. The smallest absolute Gasteiger partial charge is 0.459 e. The summed E-state index contributed by atoms with van der Waals surface area (Å²) in [7, 11) is 0. The normalized spacial score (nSPS) is 13.5. The zero-order chi connectivity index (χ0) is 17.5. The topological polar surface area (TPSA) is 55.1 Å². The van der Waals surface area contributed by atoms with Crippen molar-refractivity contribution >= 4 is 5.97 Å². The van der Waals surface area contributed by atoms with Crippen LogP contribution in [0.3, 0.4) is 0 Å². The number of carboxylic acid groups (broad SMARTS) is 1. The van der Waals surface area contributed by atoms with Gasteiger partial charge in [0.1, 0.15) is 5.56 Å². The summed E-state index contributed by atoms with van der Waals surface area (Å²) >= 11 is 0. The van der Waals surface area contributed by atoms with Gasteiger partial charge in [-0.3, -0.25) is 4.68 Å². The third-order valence-electron chi connectivity index (χ3n) is 2.53. The van der Waals surface area contributed by atoms with Gasteiger partial charge >= 0.3 is 24.2 Å². The second-order valence-electron chi connectivity index (χ2n) is 4.17. The molecule has 0 radical (unpaired) electrons. The average molecular weight is 340 g/mol. The molecule has 0 fully saturated rings. The molecule has 22 heavy (non-hydrogen) atoms. The molecule has 0 saturated carbocycles. The SMILES string of the molecule is CCCn1nc(C(F)(F)C(F)(F)F)c(C(F)(F)F)c1C(=O)O. The van der Waals surface area contributed by atoms with Crippen LogP contribution in [0.5, 0.6) is 0 Å². The molecule has 1 heterocycles. The molecule has 1 rings (SSSR count). The van der Waals surface area contributed by atoms with E-state index in [4.69, 9.17) is 5.11 Å². The van der Waals surface area contributed by atoms with Gasteiger partial charge in [0.05, 0.1) is 0 Å². The van der Waals surface area contributed by atoms with E-state index in [0.717, 1.165) is 0 Å². The zero-order valence-corrected chi connectivity index (χ0v) is 10.7. The van der Waals surface area contributed by atoms with Crippen LogP contribution >= 0.6 is 0 Å². The van der Waals surface area contributed by atoms with E-state index >= 15 is 0 Å². The molecule has 1 aromatic rings. The van der Waals surface area contributed by atoms with Crippen LogP contribution in [0.15, 0.2) is 0 Å². The predicted octanol–water partition coefficient (Wildman–Crippen LogP) is 3.66. The van der Waals surface area contributed by atoms with Gasteiger partial charge in [0.15, 0.2) is 11.4 Å². The number of aromatic nitrogens is 2. The minimum absolute atomic E-state index is 0.0137. The van der Waals surface area contributed by atoms with Gasteiger partial charge in [0, 0.05) is 6.54 Å². The summed E-state index contributed by atoms with van der Waals surface area (Å²) in [5.74, 6) is -8.25. The van der Waals surface area contributed by atoms with Crippen LogP contribution in [0.25, 0.3) is 0 Å². The quantitative estimate of drug-likeness (QED) is 0.851. The Morgan fingerprint density at radius 2 is 1.64 bits per heavy atom. The first-order valence-corrected chi connectivity index (χ1v) is 5.61. The molecule has 0 atom stereocenters. The standard InChI is InChI=1S/C10H8F8N2O2/c1-2-3-20-5(7(21)22)4(9(13,14)15)6(19-20)8(11,12)10(16,17)18/h2-3H2,1H3,(H,21,22). The summed E-state index contributed by atoms with van der Waals surface area (Å²) < 4.78 is 102. The minimum atomic E-state index is -6.35. The maximum atomic E-state index is 13.3. The Morgan fingerprint density at radius 3 is 1.95 bits per heavy atom. The number of hydrogen-bond donors (Lipinski definition) is 1. The number of aryl methyl sites for hydroxylation is 1. The number of hydrogen-bond acceptors (Lipinski definition) is 2. The Hall–Kier alpha value is -1.88. The summed E-state index contributed by atoms with van der Waals surface area (Å²) in [6, 6.07) is 0. The molecule has 126 valence electrons. The number of alkyl halides is 8. The highest BCUT2D eigenvalue weighted by molar-refractivity contribution is 5.88. The van der Waals surface area contributed by atoms with E-state index in [1.807, 2.05) is 0 Å². The first-order chi connectivity index (χ1) is 9.75. The van der Waals surface area contributed by atoms with Crippen molar-refractivity contribution in [1.82, 2.24) is 9.78 Å². The van der Waals surface area contributed by atoms with Crippen molar-refractivity contribution in [2.24, 2.45) is 0 Å². The van der Waals surface area contributed by atoms with Crippen LogP contribution in [-0.2, 0) is 18.6 Å². The molecule has 12 heteroatoms. The number of carboxylic acids is 1. The molecule has 1 N–H and O–H groups in total. The molecule has 0 saturated heterocycles. The average Bonchev–Trinajstić information content (AvgIpc) is 2.67. The van der Waals surface area contributed by atoms with Gasteiger partial charge in [-0.15, -0.1) is 0 Å². The molecule has 0 unspecified atom stereocenters. The number of carbonyl (C=O) groups is 1. The van der Waals surface area contributed by atoms with Gasteiger partial charge in [0.2, 0.25) is 0 Å². The Kier molecular flexibility index (Phi) is 4.45. The van der Waals surface area contributed by atoms with Gasteiger partial charge < -0.3 is 5.11 Å². The molecule has 0 bridgehead atoms. The van der Waals surface area contributed by atoms with Crippen molar-refractivity contribution in [2.45, 2.75) is 38.2 Å². The van der Waals surface area contributed by atoms with Crippen LogP contribution in [0.4, 0.5) is 35.1 Å². The molecule has 0 aromatic carbocycles. The van der Waals surface area contributed by atoms with Crippen LogP contribution in [0.1, 0.15) is 35.1 Å². The molecule has 0 aliphatic heterocycles. The summed E-state index contributed by atoms with van der Waals surface area (Å²) in [5.41, 5.74) is -7.03. The summed E-state index contributed by atoms with van der Waals surface area (Å²) in [4.78, 5) is 10.9. The van der Waals surface area contributed by atoms with Crippen molar-refractivity contribution in [3.8, 4) is 0 Å². The van der Waals surface area contributed by atoms with Crippen molar-refractivity contribution in [3.05, 3.63) is 17.0 Å². The highest BCUT2D eigenvalue weighted by atomic mass is 19.4. The van der Waals surface area contributed by atoms with E-state index in [0.29, 0.717) is 0 Å². The van der Waals surface area contributed by atoms with E-state index < -0.39 is 47.7 Å². The minimum Gasteiger partial charge on any atom is -0.477 e. The molecular formula is C10H8F8N2O2. The highest BCUT2D eigenvalue weighted by Gasteiger charge is 2.64. The third kappa shape index (κ3) is 2.99. The number of rotatable bonds is 4. The van der Waals surface area contributed by atoms with E-state index in [9.17, 15) is 39.9 Å². The van der Waals surface area contributed by atoms with E-state index in [1.54, 1.807) is 0 Å². The zero-order valence-electron chi connectivity index (χ0n) is 10.7. The molecule has 1 aromatic heterocycles. The van der Waals surface area contributed by atoms with Crippen LogP contribution in [-0.4, -0.2) is 27.0 Å². The summed E-state index contributed by atoms with van der Waals surface area (Å²) in [5, 5.41) is 11.3. The van der Waals surface area contributed by atoms with Crippen LogP contribution in [0.2, 0.25) is 0 Å². The lowest BCUT2D eigenvalue weighted by Crippen LogP contribution is -2.36. The monoisotopic (exact) mass is 340 g/mol. The predicted molar refractivity (Wildman–Crippen MR) is 54.4 cm³/mol.